The van der Waals surface area contributed by atoms with Crippen LogP contribution in [0.4, 0.5) is 5.69 Å². The van der Waals surface area contributed by atoms with Crippen LogP contribution in [0.5, 0.6) is 0 Å². The minimum Gasteiger partial charge on any atom is -0.355 e. The number of likely N-dealkylation sites (tertiary alicyclic amines) is 1. The number of fused-ring (bicyclic) bond motifs is 1. The van der Waals surface area contributed by atoms with Crippen molar-refractivity contribution in [2.75, 3.05) is 18.4 Å². The summed E-state index contributed by atoms with van der Waals surface area (Å²) in [6.07, 6.45) is 4.73. The summed E-state index contributed by atoms with van der Waals surface area (Å²) in [7, 11) is 0. The molecule has 2 aliphatic rings. The second-order valence-corrected chi connectivity index (χ2v) is 9.55. The number of anilines is 1. The van der Waals surface area contributed by atoms with E-state index in [2.05, 4.69) is 15.6 Å². The third-order valence-corrected chi connectivity index (χ3v) is 6.90. The molecule has 0 bridgehead atoms. The summed E-state index contributed by atoms with van der Waals surface area (Å²) in [5, 5.41) is 7.88. The standard InChI is InChI=1S/C27H27ClN4O4/c28-19-8-5-7-17(14-19)24(26(34)30-21-16-29-15-18-6-1-2-9-20(18)21)31-25(33)22-10-11-23(36-22)27(35)32-12-3-4-13-32/h1-2,5-9,14-16,22-24H,3-4,10-13H2,(H,30,34)(H,31,33)/t22-,23+,24-/m1/s1. The Morgan fingerprint density at radius 2 is 1.78 bits per heavy atom. The highest BCUT2D eigenvalue weighted by molar-refractivity contribution is 6.30. The minimum absolute atomic E-state index is 0.0598. The van der Waals surface area contributed by atoms with Gasteiger partial charge in [0.2, 0.25) is 5.91 Å². The average molecular weight is 507 g/mol. The smallest absolute Gasteiger partial charge is 0.251 e. The van der Waals surface area contributed by atoms with E-state index in [1.54, 1.807) is 41.6 Å². The maximum absolute atomic E-state index is 13.5. The Hall–Kier alpha value is -3.49. The monoisotopic (exact) mass is 506 g/mol. The number of carbonyl (C=O) groups excluding carboxylic acids is 3. The number of halogens is 1. The fourth-order valence-electron chi connectivity index (χ4n) is 4.80. The summed E-state index contributed by atoms with van der Waals surface area (Å²) in [6, 6.07) is 13.3. The van der Waals surface area contributed by atoms with Crippen LogP contribution < -0.4 is 10.6 Å². The molecule has 3 heterocycles. The van der Waals surface area contributed by atoms with Crippen LogP contribution in [0.15, 0.2) is 60.9 Å². The lowest BCUT2D eigenvalue weighted by Gasteiger charge is -2.22. The van der Waals surface area contributed by atoms with Gasteiger partial charge in [0.05, 0.1) is 11.9 Å². The fraction of sp³-hybridized carbons (Fsp3) is 0.333. The Morgan fingerprint density at radius 3 is 2.58 bits per heavy atom. The molecular formula is C27H27ClN4O4. The van der Waals surface area contributed by atoms with Gasteiger partial charge in [-0.15, -0.1) is 0 Å². The zero-order valence-corrected chi connectivity index (χ0v) is 20.4. The topological polar surface area (TPSA) is 101 Å². The van der Waals surface area contributed by atoms with Gasteiger partial charge in [0, 0.05) is 35.1 Å². The number of rotatable bonds is 6. The Balaban J connectivity index is 1.33. The predicted octanol–water partition coefficient (Wildman–Crippen LogP) is 3.85. The van der Waals surface area contributed by atoms with E-state index in [0.717, 1.165) is 36.7 Å². The molecule has 0 aliphatic carbocycles. The predicted molar refractivity (Wildman–Crippen MR) is 136 cm³/mol. The zero-order valence-electron chi connectivity index (χ0n) is 19.7. The molecule has 9 heteroatoms. The van der Waals surface area contributed by atoms with Crippen LogP contribution in [0.2, 0.25) is 5.02 Å². The van der Waals surface area contributed by atoms with Crippen LogP contribution in [0.3, 0.4) is 0 Å². The maximum Gasteiger partial charge on any atom is 0.251 e. The fourth-order valence-corrected chi connectivity index (χ4v) is 4.99. The molecule has 5 rings (SSSR count). The summed E-state index contributed by atoms with van der Waals surface area (Å²) in [5.74, 6) is -0.940. The van der Waals surface area contributed by atoms with E-state index < -0.39 is 30.1 Å². The molecule has 0 saturated carbocycles. The molecule has 3 atom stereocenters. The van der Waals surface area contributed by atoms with Crippen LogP contribution in [-0.2, 0) is 19.1 Å². The van der Waals surface area contributed by atoms with Gasteiger partial charge in [-0.1, -0.05) is 48.0 Å². The lowest BCUT2D eigenvalue weighted by molar-refractivity contribution is -0.146. The van der Waals surface area contributed by atoms with Crippen LogP contribution in [0.25, 0.3) is 10.8 Å². The highest BCUT2D eigenvalue weighted by Crippen LogP contribution is 2.27. The Kier molecular flexibility index (Phi) is 7.16. The number of nitrogens with one attached hydrogen (secondary N) is 2. The van der Waals surface area contributed by atoms with Crippen molar-refractivity contribution in [2.45, 2.75) is 43.9 Å². The molecule has 2 saturated heterocycles. The normalized spacial score (nSPS) is 20.3. The summed E-state index contributed by atoms with van der Waals surface area (Å²) in [5.41, 5.74) is 1.07. The van der Waals surface area contributed by atoms with Crippen molar-refractivity contribution in [3.05, 3.63) is 71.5 Å². The molecule has 186 valence electrons. The molecule has 3 aromatic rings. The number of nitrogens with zero attached hydrogens (tertiary/aromatic N) is 2. The number of ether oxygens (including phenoxy) is 1. The van der Waals surface area contributed by atoms with Crippen LogP contribution >= 0.6 is 11.6 Å². The first-order valence-corrected chi connectivity index (χ1v) is 12.5. The largest absolute Gasteiger partial charge is 0.355 e. The molecule has 2 fully saturated rings. The van der Waals surface area contributed by atoms with E-state index in [-0.39, 0.29) is 5.91 Å². The van der Waals surface area contributed by atoms with Gasteiger partial charge in [-0.25, -0.2) is 0 Å². The van der Waals surface area contributed by atoms with E-state index >= 15 is 0 Å². The number of hydrogen-bond donors (Lipinski definition) is 2. The molecule has 3 amide bonds. The number of benzene rings is 2. The SMILES string of the molecule is O=C(N[C@@H](C(=O)Nc1cncc2ccccc12)c1cccc(Cl)c1)[C@H]1CC[C@@H](C(=O)N2CCCC2)O1. The Bertz CT molecular complexity index is 1290. The van der Waals surface area contributed by atoms with Gasteiger partial charge in [0.15, 0.2) is 0 Å². The summed E-state index contributed by atoms with van der Waals surface area (Å²) < 4.78 is 5.84. The molecule has 8 nitrogen and oxygen atoms in total. The first kappa shape index (κ1) is 24.2. The number of carbonyl (C=O) groups is 3. The molecular weight excluding hydrogens is 480 g/mol. The van der Waals surface area contributed by atoms with Gasteiger partial charge in [0.1, 0.15) is 18.2 Å². The number of pyridine rings is 1. The second kappa shape index (κ2) is 10.6. The third kappa shape index (κ3) is 5.20. The van der Waals surface area contributed by atoms with Crippen molar-refractivity contribution >= 4 is 45.8 Å². The molecule has 1 aromatic heterocycles. The Morgan fingerprint density at radius 1 is 1.00 bits per heavy atom. The van der Waals surface area contributed by atoms with Crippen molar-refractivity contribution in [1.29, 1.82) is 0 Å². The van der Waals surface area contributed by atoms with E-state index in [4.69, 9.17) is 16.3 Å². The van der Waals surface area contributed by atoms with Gasteiger partial charge in [0.25, 0.3) is 11.8 Å². The molecule has 0 radical (unpaired) electrons. The van der Waals surface area contributed by atoms with E-state index in [9.17, 15) is 14.4 Å². The van der Waals surface area contributed by atoms with Gasteiger partial charge < -0.3 is 20.3 Å². The third-order valence-electron chi connectivity index (χ3n) is 6.66. The molecule has 36 heavy (non-hydrogen) atoms. The Labute approximate surface area is 214 Å². The van der Waals surface area contributed by atoms with Crippen molar-refractivity contribution in [2.24, 2.45) is 0 Å². The van der Waals surface area contributed by atoms with Crippen LogP contribution in [-0.4, -0.2) is 52.9 Å². The van der Waals surface area contributed by atoms with Crippen LogP contribution in [0.1, 0.15) is 37.3 Å². The summed E-state index contributed by atoms with van der Waals surface area (Å²) in [4.78, 5) is 45.4. The summed E-state index contributed by atoms with van der Waals surface area (Å²) in [6.45, 7) is 1.46. The van der Waals surface area contributed by atoms with Crippen molar-refractivity contribution in [1.82, 2.24) is 15.2 Å². The molecule has 0 spiro atoms. The highest BCUT2D eigenvalue weighted by atomic mass is 35.5. The maximum atomic E-state index is 13.5. The first-order chi connectivity index (χ1) is 17.5. The minimum atomic E-state index is -1.02. The molecule has 2 aliphatic heterocycles. The number of aromatic nitrogens is 1. The van der Waals surface area contributed by atoms with Crippen molar-refractivity contribution < 1.29 is 19.1 Å². The van der Waals surface area contributed by atoms with Crippen LogP contribution in [0, 0.1) is 0 Å². The number of amides is 3. The summed E-state index contributed by atoms with van der Waals surface area (Å²) >= 11 is 6.19. The quantitative estimate of drug-likeness (QED) is 0.529. The van der Waals surface area contributed by atoms with Crippen molar-refractivity contribution in [3.8, 4) is 0 Å². The first-order valence-electron chi connectivity index (χ1n) is 12.1. The number of hydrogen-bond acceptors (Lipinski definition) is 5. The molecule has 0 unspecified atom stereocenters. The van der Waals surface area contributed by atoms with E-state index in [1.807, 2.05) is 24.3 Å². The average Bonchev–Trinajstić information content (AvgIpc) is 3.60. The molecule has 2 aromatic carbocycles. The zero-order chi connectivity index (χ0) is 25.1. The molecule has 2 N–H and O–H groups in total. The second-order valence-electron chi connectivity index (χ2n) is 9.12. The van der Waals surface area contributed by atoms with Crippen molar-refractivity contribution in [3.63, 3.8) is 0 Å². The lowest BCUT2D eigenvalue weighted by atomic mass is 10.0. The van der Waals surface area contributed by atoms with Gasteiger partial charge in [-0.2, -0.15) is 0 Å². The van der Waals surface area contributed by atoms with E-state index in [0.29, 0.717) is 29.1 Å². The highest BCUT2D eigenvalue weighted by Gasteiger charge is 2.38. The van der Waals surface area contributed by atoms with Gasteiger partial charge in [-0.3, -0.25) is 19.4 Å². The van der Waals surface area contributed by atoms with E-state index in [1.165, 1.54) is 0 Å². The van der Waals surface area contributed by atoms with Gasteiger partial charge in [-0.05, 0) is 43.4 Å². The lowest BCUT2D eigenvalue weighted by Crippen LogP contribution is -2.43. The van der Waals surface area contributed by atoms with Gasteiger partial charge >= 0.3 is 0 Å².